The van der Waals surface area contributed by atoms with E-state index in [9.17, 15) is 12.8 Å². The van der Waals surface area contributed by atoms with E-state index in [4.69, 9.17) is 17.3 Å². The summed E-state index contributed by atoms with van der Waals surface area (Å²) in [6, 6.07) is 2.68. The van der Waals surface area contributed by atoms with Gasteiger partial charge in [-0.25, -0.2) is 4.39 Å². The van der Waals surface area contributed by atoms with Crippen LogP contribution in [-0.4, -0.2) is 20.1 Å². The van der Waals surface area contributed by atoms with E-state index >= 15 is 0 Å². The number of halogens is 2. The number of alkyl halides is 1. The summed E-state index contributed by atoms with van der Waals surface area (Å²) in [7, 11) is -4.00. The van der Waals surface area contributed by atoms with Crippen LogP contribution in [-0.2, 0) is 10.0 Å². The van der Waals surface area contributed by atoms with Crippen molar-refractivity contribution in [1.29, 1.82) is 0 Å². The number of amidine groups is 1. The molecule has 0 aliphatic carbocycles. The molecule has 0 heterocycles. The van der Waals surface area contributed by atoms with Crippen molar-refractivity contribution in [3.8, 4) is 0 Å². The Morgan fingerprint density at radius 2 is 2.06 bits per heavy atom. The second-order valence-electron chi connectivity index (χ2n) is 3.51. The number of aryl methyl sites for hydroxylation is 1. The maximum absolute atomic E-state index is 13.6. The molecular weight excluding hydrogens is 267 g/mol. The van der Waals surface area contributed by atoms with E-state index < -0.39 is 15.8 Å². The van der Waals surface area contributed by atoms with Crippen LogP contribution >= 0.6 is 11.6 Å². The van der Waals surface area contributed by atoms with Gasteiger partial charge in [-0.05, 0) is 25.5 Å². The monoisotopic (exact) mass is 278 g/mol. The third-order valence-corrected chi connectivity index (χ3v) is 3.93. The highest BCUT2D eigenvalue weighted by Gasteiger charge is 2.19. The Hall–Kier alpha value is -1.14. The van der Waals surface area contributed by atoms with Gasteiger partial charge in [0.25, 0.3) is 10.0 Å². The van der Waals surface area contributed by atoms with E-state index in [1.54, 1.807) is 6.92 Å². The van der Waals surface area contributed by atoms with Crippen molar-refractivity contribution in [2.45, 2.75) is 18.7 Å². The smallest absolute Gasteiger partial charge is 0.284 e. The summed E-state index contributed by atoms with van der Waals surface area (Å²) in [4.78, 5) is -0.200. The normalized spacial score (nSPS) is 12.8. The minimum atomic E-state index is -4.00. The summed E-state index contributed by atoms with van der Waals surface area (Å²) in [6.45, 7) is 2.93. The zero-order valence-electron chi connectivity index (χ0n) is 9.37. The van der Waals surface area contributed by atoms with Crippen LogP contribution in [0.25, 0.3) is 0 Å². The average molecular weight is 279 g/mol. The third kappa shape index (κ3) is 2.95. The zero-order chi connectivity index (χ0) is 13.2. The quantitative estimate of drug-likeness (QED) is 0.520. The van der Waals surface area contributed by atoms with E-state index in [1.165, 1.54) is 19.1 Å². The first-order valence-electron chi connectivity index (χ1n) is 4.70. The largest absolute Gasteiger partial charge is 0.385 e. The third-order valence-electron chi connectivity index (χ3n) is 2.18. The van der Waals surface area contributed by atoms with Crippen molar-refractivity contribution >= 4 is 27.5 Å². The SMILES string of the molecule is Cc1ccc(S(=O)(=O)N=C(N)CCl)c(C)c1F. The molecule has 0 bridgehead atoms. The van der Waals surface area contributed by atoms with Crippen LogP contribution in [0.1, 0.15) is 11.1 Å². The summed E-state index contributed by atoms with van der Waals surface area (Å²) in [6.07, 6.45) is 0. The van der Waals surface area contributed by atoms with Gasteiger partial charge in [-0.1, -0.05) is 6.07 Å². The van der Waals surface area contributed by atoms with E-state index in [1.807, 2.05) is 0 Å². The highest BCUT2D eigenvalue weighted by molar-refractivity contribution is 7.90. The van der Waals surface area contributed by atoms with Gasteiger partial charge in [0.2, 0.25) is 0 Å². The lowest BCUT2D eigenvalue weighted by atomic mass is 10.1. The predicted octanol–water partition coefficient (Wildman–Crippen LogP) is 1.73. The lowest BCUT2D eigenvalue weighted by Crippen LogP contribution is -2.16. The van der Waals surface area contributed by atoms with Crippen molar-refractivity contribution in [2.24, 2.45) is 10.1 Å². The number of hydrogen-bond donors (Lipinski definition) is 1. The molecular formula is C10H12ClFN2O2S. The summed E-state index contributed by atoms with van der Waals surface area (Å²) in [5, 5.41) is 0. The topological polar surface area (TPSA) is 72.5 Å². The van der Waals surface area contributed by atoms with Gasteiger partial charge in [0.15, 0.2) is 0 Å². The molecule has 0 atom stereocenters. The fraction of sp³-hybridized carbons (Fsp3) is 0.300. The maximum Gasteiger partial charge on any atom is 0.284 e. The average Bonchev–Trinajstić information content (AvgIpc) is 2.24. The highest BCUT2D eigenvalue weighted by atomic mass is 35.5. The number of rotatable bonds is 3. The first kappa shape index (κ1) is 13.9. The first-order valence-corrected chi connectivity index (χ1v) is 6.68. The molecule has 1 aromatic rings. The van der Waals surface area contributed by atoms with Gasteiger partial charge in [0, 0.05) is 5.56 Å². The lowest BCUT2D eigenvalue weighted by Gasteiger charge is -2.07. The number of hydrogen-bond acceptors (Lipinski definition) is 2. The molecule has 0 aliphatic heterocycles. The van der Waals surface area contributed by atoms with Crippen molar-refractivity contribution in [3.05, 3.63) is 29.1 Å². The molecule has 0 amide bonds. The molecule has 0 unspecified atom stereocenters. The van der Waals surface area contributed by atoms with Crippen LogP contribution < -0.4 is 5.73 Å². The fourth-order valence-electron chi connectivity index (χ4n) is 1.31. The Kier molecular flexibility index (Phi) is 4.11. The summed E-state index contributed by atoms with van der Waals surface area (Å²) >= 11 is 5.35. The summed E-state index contributed by atoms with van der Waals surface area (Å²) in [5.41, 5.74) is 5.65. The van der Waals surface area contributed by atoms with Gasteiger partial charge < -0.3 is 5.73 Å². The van der Waals surface area contributed by atoms with Crippen molar-refractivity contribution in [3.63, 3.8) is 0 Å². The van der Waals surface area contributed by atoms with Crippen molar-refractivity contribution in [2.75, 3.05) is 5.88 Å². The predicted molar refractivity (Wildman–Crippen MR) is 65.4 cm³/mol. The van der Waals surface area contributed by atoms with E-state index in [0.717, 1.165) is 0 Å². The molecule has 0 saturated heterocycles. The van der Waals surface area contributed by atoms with Crippen molar-refractivity contribution < 1.29 is 12.8 Å². The fourth-order valence-corrected chi connectivity index (χ4v) is 2.63. The first-order chi connectivity index (χ1) is 7.79. The molecule has 0 fully saturated rings. The van der Waals surface area contributed by atoms with Gasteiger partial charge in [-0.3, -0.25) is 0 Å². The standard InChI is InChI=1S/C10H12ClFN2O2S/c1-6-3-4-8(7(2)10(6)12)17(15,16)14-9(13)5-11/h3-4H,5H2,1-2H3,(H2,13,14). The van der Waals surface area contributed by atoms with Gasteiger partial charge in [-0.15, -0.1) is 16.0 Å². The second-order valence-corrected chi connectivity index (χ2v) is 5.35. The number of nitrogens with zero attached hydrogens (tertiary/aromatic N) is 1. The molecule has 0 aromatic heterocycles. The van der Waals surface area contributed by atoms with E-state index in [0.29, 0.717) is 5.56 Å². The van der Waals surface area contributed by atoms with Gasteiger partial charge in [0.05, 0.1) is 10.8 Å². The molecule has 2 N–H and O–H groups in total. The van der Waals surface area contributed by atoms with Gasteiger partial charge in [-0.2, -0.15) is 8.42 Å². The molecule has 4 nitrogen and oxygen atoms in total. The van der Waals surface area contributed by atoms with Crippen LogP contribution in [0.4, 0.5) is 4.39 Å². The van der Waals surface area contributed by atoms with Crippen LogP contribution in [0.5, 0.6) is 0 Å². The van der Waals surface area contributed by atoms with Gasteiger partial charge >= 0.3 is 0 Å². The Morgan fingerprint density at radius 1 is 1.47 bits per heavy atom. The number of nitrogens with two attached hydrogens (primary N) is 1. The minimum Gasteiger partial charge on any atom is -0.385 e. The van der Waals surface area contributed by atoms with Gasteiger partial charge in [0.1, 0.15) is 11.7 Å². The van der Waals surface area contributed by atoms with Crippen LogP contribution in [0.2, 0.25) is 0 Å². The molecule has 17 heavy (non-hydrogen) atoms. The zero-order valence-corrected chi connectivity index (χ0v) is 10.9. The van der Waals surface area contributed by atoms with Crippen LogP contribution in [0, 0.1) is 19.7 Å². The lowest BCUT2D eigenvalue weighted by molar-refractivity contribution is 0.585. The second kappa shape index (κ2) is 5.01. The molecule has 0 saturated carbocycles. The molecule has 1 rings (SSSR count). The molecule has 0 aliphatic rings. The minimum absolute atomic E-state index is 0.0242. The molecule has 1 aromatic carbocycles. The van der Waals surface area contributed by atoms with E-state index in [-0.39, 0.29) is 22.2 Å². The Morgan fingerprint density at radius 3 is 2.59 bits per heavy atom. The van der Waals surface area contributed by atoms with E-state index in [2.05, 4.69) is 4.40 Å². The summed E-state index contributed by atoms with van der Waals surface area (Å²) in [5.74, 6) is -0.995. The van der Waals surface area contributed by atoms with Crippen LogP contribution in [0.3, 0.4) is 0 Å². The van der Waals surface area contributed by atoms with Crippen LogP contribution in [0.15, 0.2) is 21.4 Å². The Labute approximate surface area is 104 Å². The number of benzene rings is 1. The molecule has 0 radical (unpaired) electrons. The Balaban J connectivity index is 3.41. The molecule has 94 valence electrons. The summed E-state index contributed by atoms with van der Waals surface area (Å²) < 4.78 is 40.5. The number of sulfonamides is 1. The molecule has 7 heteroatoms. The highest BCUT2D eigenvalue weighted by Crippen LogP contribution is 2.22. The van der Waals surface area contributed by atoms with Crippen molar-refractivity contribution in [1.82, 2.24) is 0 Å². The Bertz CT molecular complexity index is 570. The maximum atomic E-state index is 13.6. The molecule has 0 spiro atoms.